The standard InChI is InChI=1S/C22H21F2N5O2S/c1-22(2,3)18-11-15(19-20(25)27-28-21(19)26-18)12-4-7-14(8-5-12)29-32(30,31)17-9-6-13(23)10-16(17)24/h4-11,29H,1-3H3,(H3,25,26,27,28). The maximum absolute atomic E-state index is 13.9. The molecular weight excluding hydrogens is 436 g/mol. The van der Waals surface area contributed by atoms with E-state index in [4.69, 9.17) is 5.73 Å². The van der Waals surface area contributed by atoms with Crippen LogP contribution in [0.15, 0.2) is 53.4 Å². The molecule has 0 radical (unpaired) electrons. The molecule has 7 nitrogen and oxygen atoms in total. The minimum atomic E-state index is -4.23. The molecular formula is C22H21F2N5O2S. The first kappa shape index (κ1) is 21.7. The number of benzene rings is 2. The first-order chi connectivity index (χ1) is 15.0. The van der Waals surface area contributed by atoms with E-state index in [1.54, 1.807) is 24.3 Å². The Bertz CT molecular complexity index is 1430. The highest BCUT2D eigenvalue weighted by Gasteiger charge is 2.22. The van der Waals surface area contributed by atoms with Crippen molar-refractivity contribution in [3.8, 4) is 11.1 Å². The van der Waals surface area contributed by atoms with Gasteiger partial charge in [-0.25, -0.2) is 22.2 Å². The lowest BCUT2D eigenvalue weighted by atomic mass is 9.89. The van der Waals surface area contributed by atoms with Crippen LogP contribution < -0.4 is 10.5 Å². The maximum atomic E-state index is 13.9. The predicted molar refractivity (Wildman–Crippen MR) is 120 cm³/mol. The third-order valence-corrected chi connectivity index (χ3v) is 6.37. The Balaban J connectivity index is 1.72. The number of H-pyrrole nitrogens is 1. The van der Waals surface area contributed by atoms with E-state index in [0.29, 0.717) is 22.9 Å². The average molecular weight is 458 g/mol. The predicted octanol–water partition coefficient (Wildman–Crippen LogP) is 4.58. The van der Waals surface area contributed by atoms with Gasteiger partial charge in [-0.2, -0.15) is 5.10 Å². The van der Waals surface area contributed by atoms with Crippen molar-refractivity contribution >= 4 is 32.6 Å². The van der Waals surface area contributed by atoms with Gasteiger partial charge < -0.3 is 5.73 Å². The van der Waals surface area contributed by atoms with Crippen LogP contribution in [0.4, 0.5) is 20.3 Å². The third kappa shape index (κ3) is 4.01. The molecule has 0 unspecified atom stereocenters. The number of nitrogens with zero attached hydrogens (tertiary/aromatic N) is 2. The summed E-state index contributed by atoms with van der Waals surface area (Å²) >= 11 is 0. The molecule has 32 heavy (non-hydrogen) atoms. The zero-order valence-corrected chi connectivity index (χ0v) is 18.4. The Morgan fingerprint density at radius 1 is 1.03 bits per heavy atom. The fraction of sp³-hybridized carbons (Fsp3) is 0.182. The lowest BCUT2D eigenvalue weighted by molar-refractivity contribution is 0.551. The van der Waals surface area contributed by atoms with Gasteiger partial charge in [0.1, 0.15) is 22.3 Å². The number of nitrogens with two attached hydrogens (primary N) is 1. The molecule has 0 bridgehead atoms. The number of aromatic amines is 1. The van der Waals surface area contributed by atoms with E-state index >= 15 is 0 Å². The zero-order chi connectivity index (χ0) is 23.3. The average Bonchev–Trinajstić information content (AvgIpc) is 3.08. The maximum Gasteiger partial charge on any atom is 0.264 e. The van der Waals surface area contributed by atoms with Crippen LogP contribution in [0.1, 0.15) is 26.5 Å². The molecule has 0 saturated heterocycles. The van der Waals surface area contributed by atoms with Crippen molar-refractivity contribution in [2.24, 2.45) is 0 Å². The second-order valence-corrected chi connectivity index (χ2v) is 10.0. The molecule has 4 rings (SSSR count). The summed E-state index contributed by atoms with van der Waals surface area (Å²) < 4.78 is 54.4. The lowest BCUT2D eigenvalue weighted by Crippen LogP contribution is -2.14. The van der Waals surface area contributed by atoms with Gasteiger partial charge in [-0.05, 0) is 41.5 Å². The highest BCUT2D eigenvalue weighted by Crippen LogP contribution is 2.35. The SMILES string of the molecule is CC(C)(C)c1cc(-c2ccc(NS(=O)(=O)c3ccc(F)cc3F)cc2)c2c(N)[nH]nc2n1. The molecule has 2 aromatic carbocycles. The molecule has 2 aromatic heterocycles. The van der Waals surface area contributed by atoms with Crippen molar-refractivity contribution < 1.29 is 17.2 Å². The highest BCUT2D eigenvalue weighted by atomic mass is 32.2. The Labute approximate surface area is 183 Å². The van der Waals surface area contributed by atoms with E-state index < -0.39 is 26.6 Å². The number of sulfonamides is 1. The molecule has 0 spiro atoms. The summed E-state index contributed by atoms with van der Waals surface area (Å²) in [5.74, 6) is -1.65. The molecule has 0 atom stereocenters. The van der Waals surface area contributed by atoms with E-state index in [0.717, 1.165) is 29.0 Å². The van der Waals surface area contributed by atoms with Crippen molar-refractivity contribution in [3.05, 3.63) is 65.9 Å². The van der Waals surface area contributed by atoms with Crippen LogP contribution >= 0.6 is 0 Å². The molecule has 0 aliphatic carbocycles. The van der Waals surface area contributed by atoms with Gasteiger partial charge >= 0.3 is 0 Å². The number of hydrogen-bond donors (Lipinski definition) is 3. The number of anilines is 2. The molecule has 4 N–H and O–H groups in total. The Morgan fingerprint density at radius 2 is 1.72 bits per heavy atom. The number of pyridine rings is 1. The summed E-state index contributed by atoms with van der Waals surface area (Å²) in [6.07, 6.45) is 0. The first-order valence-electron chi connectivity index (χ1n) is 9.69. The number of nitrogen functional groups attached to an aromatic ring is 1. The van der Waals surface area contributed by atoms with Gasteiger partial charge in [-0.3, -0.25) is 9.82 Å². The number of fused-ring (bicyclic) bond motifs is 1. The number of hydrogen-bond acceptors (Lipinski definition) is 5. The third-order valence-electron chi connectivity index (χ3n) is 4.95. The largest absolute Gasteiger partial charge is 0.383 e. The van der Waals surface area contributed by atoms with Crippen molar-refractivity contribution in [1.29, 1.82) is 0 Å². The number of aromatic nitrogens is 3. The molecule has 4 aromatic rings. The Morgan fingerprint density at radius 3 is 2.34 bits per heavy atom. The van der Waals surface area contributed by atoms with E-state index in [-0.39, 0.29) is 11.1 Å². The molecule has 2 heterocycles. The normalized spacial score (nSPS) is 12.3. The molecule has 0 saturated carbocycles. The summed E-state index contributed by atoms with van der Waals surface area (Å²) in [6, 6.07) is 10.7. The molecule has 0 amide bonds. The van der Waals surface area contributed by atoms with Gasteiger partial charge in [0.25, 0.3) is 10.0 Å². The molecule has 166 valence electrons. The van der Waals surface area contributed by atoms with Gasteiger partial charge in [-0.1, -0.05) is 32.9 Å². The minimum Gasteiger partial charge on any atom is -0.383 e. The van der Waals surface area contributed by atoms with Gasteiger partial charge in [0.2, 0.25) is 0 Å². The van der Waals surface area contributed by atoms with E-state index in [2.05, 4.69) is 19.9 Å². The van der Waals surface area contributed by atoms with Crippen LogP contribution in [0, 0.1) is 11.6 Å². The number of nitrogens with one attached hydrogen (secondary N) is 2. The van der Waals surface area contributed by atoms with Crippen LogP contribution in [-0.4, -0.2) is 23.6 Å². The van der Waals surface area contributed by atoms with Crippen molar-refractivity contribution in [1.82, 2.24) is 15.2 Å². The molecule has 0 fully saturated rings. The van der Waals surface area contributed by atoms with Crippen molar-refractivity contribution in [3.63, 3.8) is 0 Å². The minimum absolute atomic E-state index is 0.221. The smallest absolute Gasteiger partial charge is 0.264 e. The Kier molecular flexibility index (Phi) is 5.12. The van der Waals surface area contributed by atoms with Gasteiger partial charge in [0.15, 0.2) is 5.65 Å². The van der Waals surface area contributed by atoms with Gasteiger partial charge in [0.05, 0.1) is 5.39 Å². The van der Waals surface area contributed by atoms with Crippen LogP contribution in [0.5, 0.6) is 0 Å². The van der Waals surface area contributed by atoms with E-state index in [9.17, 15) is 17.2 Å². The Hall–Kier alpha value is -3.53. The van der Waals surface area contributed by atoms with Crippen molar-refractivity contribution in [2.75, 3.05) is 10.5 Å². The van der Waals surface area contributed by atoms with Gasteiger partial charge in [0, 0.05) is 22.9 Å². The molecule has 10 heteroatoms. The van der Waals surface area contributed by atoms with E-state index in [1.807, 2.05) is 26.8 Å². The number of halogens is 2. The van der Waals surface area contributed by atoms with Gasteiger partial charge in [-0.15, -0.1) is 0 Å². The fourth-order valence-electron chi connectivity index (χ4n) is 3.28. The zero-order valence-electron chi connectivity index (χ0n) is 17.6. The second-order valence-electron chi connectivity index (χ2n) is 8.40. The molecule has 0 aliphatic heterocycles. The first-order valence-corrected chi connectivity index (χ1v) is 11.2. The lowest BCUT2D eigenvalue weighted by Gasteiger charge is -2.19. The summed E-state index contributed by atoms with van der Waals surface area (Å²) in [7, 11) is -4.23. The fourth-order valence-corrected chi connectivity index (χ4v) is 4.40. The van der Waals surface area contributed by atoms with Crippen LogP contribution in [-0.2, 0) is 15.4 Å². The summed E-state index contributed by atoms with van der Waals surface area (Å²) in [6.45, 7) is 6.11. The van der Waals surface area contributed by atoms with Crippen LogP contribution in [0.3, 0.4) is 0 Å². The van der Waals surface area contributed by atoms with Crippen molar-refractivity contribution in [2.45, 2.75) is 31.1 Å². The summed E-state index contributed by atoms with van der Waals surface area (Å²) in [5, 5.41) is 7.59. The van der Waals surface area contributed by atoms with Crippen LogP contribution in [0.25, 0.3) is 22.2 Å². The summed E-state index contributed by atoms with van der Waals surface area (Å²) in [4.78, 5) is 3.95. The quantitative estimate of drug-likeness (QED) is 0.415. The molecule has 0 aliphatic rings. The highest BCUT2D eigenvalue weighted by molar-refractivity contribution is 7.92. The second kappa shape index (κ2) is 7.56. The van der Waals surface area contributed by atoms with Crippen LogP contribution in [0.2, 0.25) is 0 Å². The topological polar surface area (TPSA) is 114 Å². The summed E-state index contributed by atoms with van der Waals surface area (Å²) in [5.41, 5.74) is 8.93. The van der Waals surface area contributed by atoms with E-state index in [1.165, 1.54) is 0 Å². The number of rotatable bonds is 4. The monoisotopic (exact) mass is 457 g/mol.